The number of amides is 1. The number of aryl methyl sites for hydroxylation is 1. The summed E-state index contributed by atoms with van der Waals surface area (Å²) < 4.78 is 10.6. The van der Waals surface area contributed by atoms with E-state index >= 15 is 0 Å². The third kappa shape index (κ3) is 5.71. The van der Waals surface area contributed by atoms with Crippen molar-refractivity contribution in [1.29, 1.82) is 0 Å². The quantitative estimate of drug-likeness (QED) is 0.770. The van der Waals surface area contributed by atoms with Gasteiger partial charge < -0.3 is 14.8 Å². The monoisotopic (exact) mass is 359 g/mol. The van der Waals surface area contributed by atoms with Gasteiger partial charge in [-0.2, -0.15) is 0 Å². The Kier molecular flexibility index (Phi) is 7.19. The summed E-state index contributed by atoms with van der Waals surface area (Å²) in [6.07, 6.45) is 0. The summed E-state index contributed by atoms with van der Waals surface area (Å²) in [5, 5.41) is 3.02. The van der Waals surface area contributed by atoms with Crippen molar-refractivity contribution in [3.8, 4) is 11.5 Å². The Labute approximate surface area is 153 Å². The lowest BCUT2D eigenvalue weighted by molar-refractivity contribution is -0.119. The zero-order chi connectivity index (χ0) is 18.2. The molecule has 0 radical (unpaired) electrons. The molecule has 0 aliphatic rings. The molecule has 0 bridgehead atoms. The van der Waals surface area contributed by atoms with Crippen LogP contribution in [0.5, 0.6) is 11.5 Å². The van der Waals surface area contributed by atoms with Gasteiger partial charge >= 0.3 is 0 Å². The van der Waals surface area contributed by atoms with E-state index in [0.717, 1.165) is 22.8 Å². The molecule has 134 valence electrons. The standard InChI is InChI=1S/C20H25NO3S/c1-14-5-7-16(8-6-14)12-25-13-20(22)21-15(2)18-11-17(23-3)9-10-19(18)24-4/h5-11,15H,12-13H2,1-4H3,(H,21,22)/t15-/m0/s1. The van der Waals surface area contributed by atoms with Crippen molar-refractivity contribution in [3.63, 3.8) is 0 Å². The number of thioether (sulfide) groups is 1. The van der Waals surface area contributed by atoms with Gasteiger partial charge in [0.25, 0.3) is 0 Å². The third-order valence-corrected chi connectivity index (χ3v) is 4.91. The van der Waals surface area contributed by atoms with Crippen LogP contribution in [0, 0.1) is 6.92 Å². The van der Waals surface area contributed by atoms with Crippen molar-refractivity contribution in [3.05, 3.63) is 59.2 Å². The lowest BCUT2D eigenvalue weighted by atomic mass is 10.1. The van der Waals surface area contributed by atoms with Crippen molar-refractivity contribution in [2.45, 2.75) is 25.6 Å². The fourth-order valence-corrected chi connectivity index (χ4v) is 3.28. The first kappa shape index (κ1) is 19.2. The van der Waals surface area contributed by atoms with Crippen molar-refractivity contribution in [2.24, 2.45) is 0 Å². The van der Waals surface area contributed by atoms with Gasteiger partial charge in [0.2, 0.25) is 5.91 Å². The minimum absolute atomic E-state index is 0.00878. The normalized spacial score (nSPS) is 11.7. The Morgan fingerprint density at radius 2 is 1.84 bits per heavy atom. The topological polar surface area (TPSA) is 47.6 Å². The molecule has 25 heavy (non-hydrogen) atoms. The molecule has 4 nitrogen and oxygen atoms in total. The highest BCUT2D eigenvalue weighted by molar-refractivity contribution is 7.99. The van der Waals surface area contributed by atoms with Crippen LogP contribution in [0.25, 0.3) is 0 Å². The summed E-state index contributed by atoms with van der Waals surface area (Å²) in [6, 6.07) is 13.8. The van der Waals surface area contributed by atoms with Gasteiger partial charge in [0.15, 0.2) is 0 Å². The fraction of sp³-hybridized carbons (Fsp3) is 0.350. The van der Waals surface area contributed by atoms with Crippen LogP contribution >= 0.6 is 11.8 Å². The van der Waals surface area contributed by atoms with Crippen LogP contribution < -0.4 is 14.8 Å². The van der Waals surface area contributed by atoms with E-state index in [1.165, 1.54) is 11.1 Å². The largest absolute Gasteiger partial charge is 0.497 e. The minimum Gasteiger partial charge on any atom is -0.497 e. The molecule has 1 atom stereocenters. The Balaban J connectivity index is 1.88. The van der Waals surface area contributed by atoms with E-state index in [4.69, 9.17) is 9.47 Å². The Morgan fingerprint density at radius 1 is 1.12 bits per heavy atom. The van der Waals surface area contributed by atoms with Crippen LogP contribution in [-0.4, -0.2) is 25.9 Å². The Hall–Kier alpha value is -2.14. The summed E-state index contributed by atoms with van der Waals surface area (Å²) in [6.45, 7) is 4.01. The van der Waals surface area contributed by atoms with E-state index < -0.39 is 0 Å². The van der Waals surface area contributed by atoms with Gasteiger partial charge in [-0.15, -0.1) is 11.8 Å². The Morgan fingerprint density at radius 3 is 2.48 bits per heavy atom. The predicted octanol–water partition coefficient (Wildman–Crippen LogP) is 4.12. The number of carbonyl (C=O) groups excluding carboxylic acids is 1. The second-order valence-electron chi connectivity index (χ2n) is 5.88. The molecule has 5 heteroatoms. The summed E-state index contributed by atoms with van der Waals surface area (Å²) in [4.78, 5) is 12.2. The highest BCUT2D eigenvalue weighted by Crippen LogP contribution is 2.29. The van der Waals surface area contributed by atoms with E-state index in [0.29, 0.717) is 5.75 Å². The second kappa shape index (κ2) is 9.37. The average Bonchev–Trinajstić information content (AvgIpc) is 2.62. The smallest absolute Gasteiger partial charge is 0.230 e. The first-order chi connectivity index (χ1) is 12.0. The van der Waals surface area contributed by atoms with E-state index in [1.807, 2.05) is 25.1 Å². The van der Waals surface area contributed by atoms with Crippen LogP contribution in [0.4, 0.5) is 0 Å². The van der Waals surface area contributed by atoms with Gasteiger partial charge in [0.1, 0.15) is 11.5 Å². The molecule has 0 aromatic heterocycles. The van der Waals surface area contributed by atoms with Crippen LogP contribution in [0.15, 0.2) is 42.5 Å². The molecular formula is C20H25NO3S. The third-order valence-electron chi connectivity index (χ3n) is 3.90. The molecule has 1 amide bonds. The maximum absolute atomic E-state index is 12.2. The van der Waals surface area contributed by atoms with Crippen LogP contribution in [0.2, 0.25) is 0 Å². The molecule has 0 heterocycles. The van der Waals surface area contributed by atoms with Crippen molar-refractivity contribution in [2.75, 3.05) is 20.0 Å². The number of hydrogen-bond donors (Lipinski definition) is 1. The lowest BCUT2D eigenvalue weighted by Crippen LogP contribution is -2.28. The molecule has 2 rings (SSSR count). The molecule has 0 spiro atoms. The maximum Gasteiger partial charge on any atom is 0.230 e. The van der Waals surface area contributed by atoms with Crippen molar-refractivity contribution in [1.82, 2.24) is 5.32 Å². The first-order valence-corrected chi connectivity index (χ1v) is 9.33. The zero-order valence-corrected chi connectivity index (χ0v) is 16.0. The molecule has 0 unspecified atom stereocenters. The number of benzene rings is 2. The number of carbonyl (C=O) groups is 1. The first-order valence-electron chi connectivity index (χ1n) is 8.18. The minimum atomic E-state index is -0.155. The van der Waals surface area contributed by atoms with E-state index in [2.05, 4.69) is 36.5 Å². The van der Waals surface area contributed by atoms with Gasteiger partial charge in [0.05, 0.1) is 26.0 Å². The lowest BCUT2D eigenvalue weighted by Gasteiger charge is -2.18. The highest BCUT2D eigenvalue weighted by atomic mass is 32.2. The van der Waals surface area contributed by atoms with Crippen molar-refractivity contribution < 1.29 is 14.3 Å². The average molecular weight is 359 g/mol. The molecular weight excluding hydrogens is 334 g/mol. The van der Waals surface area contributed by atoms with E-state index in [1.54, 1.807) is 26.0 Å². The Bertz CT molecular complexity index is 701. The molecule has 0 fully saturated rings. The van der Waals surface area contributed by atoms with Crippen LogP contribution in [-0.2, 0) is 10.5 Å². The molecule has 0 saturated heterocycles. The van der Waals surface area contributed by atoms with Gasteiger partial charge in [-0.25, -0.2) is 0 Å². The molecule has 2 aromatic carbocycles. The van der Waals surface area contributed by atoms with Crippen LogP contribution in [0.3, 0.4) is 0 Å². The summed E-state index contributed by atoms with van der Waals surface area (Å²) in [5.74, 6) is 2.73. The fourth-order valence-electron chi connectivity index (χ4n) is 2.48. The van der Waals surface area contributed by atoms with Gasteiger partial charge in [-0.05, 0) is 37.6 Å². The zero-order valence-electron chi connectivity index (χ0n) is 15.2. The summed E-state index contributed by atoms with van der Waals surface area (Å²) in [5.41, 5.74) is 3.37. The molecule has 0 aliphatic heterocycles. The number of nitrogens with one attached hydrogen (secondary N) is 1. The SMILES string of the molecule is COc1ccc(OC)c([C@H](C)NC(=O)CSCc2ccc(C)cc2)c1. The predicted molar refractivity (Wildman–Crippen MR) is 103 cm³/mol. The number of methoxy groups -OCH3 is 2. The van der Waals surface area contributed by atoms with E-state index in [-0.39, 0.29) is 11.9 Å². The number of rotatable bonds is 8. The molecule has 2 aromatic rings. The van der Waals surface area contributed by atoms with E-state index in [9.17, 15) is 4.79 Å². The van der Waals surface area contributed by atoms with Gasteiger partial charge in [0, 0.05) is 11.3 Å². The number of ether oxygens (including phenoxy) is 2. The highest BCUT2D eigenvalue weighted by Gasteiger charge is 2.15. The number of hydrogen-bond acceptors (Lipinski definition) is 4. The van der Waals surface area contributed by atoms with Gasteiger partial charge in [-0.1, -0.05) is 29.8 Å². The molecule has 0 aliphatic carbocycles. The summed E-state index contributed by atoms with van der Waals surface area (Å²) >= 11 is 1.61. The molecule has 1 N–H and O–H groups in total. The summed E-state index contributed by atoms with van der Waals surface area (Å²) in [7, 11) is 3.24. The second-order valence-corrected chi connectivity index (χ2v) is 6.86. The maximum atomic E-state index is 12.2. The van der Waals surface area contributed by atoms with Crippen LogP contribution in [0.1, 0.15) is 29.7 Å². The van der Waals surface area contributed by atoms with Gasteiger partial charge in [-0.3, -0.25) is 4.79 Å². The van der Waals surface area contributed by atoms with Crippen molar-refractivity contribution >= 4 is 17.7 Å². The molecule has 0 saturated carbocycles.